The first-order valence-electron chi connectivity index (χ1n) is 22.3. The molecule has 11 heteroatoms. The molecule has 10 atom stereocenters. The Kier molecular flexibility index (Phi) is 17.4. The minimum absolute atomic E-state index is 0.00282. The van der Waals surface area contributed by atoms with Crippen molar-refractivity contribution in [2.24, 2.45) is 0 Å². The van der Waals surface area contributed by atoms with E-state index in [-0.39, 0.29) is 46.2 Å². The van der Waals surface area contributed by atoms with Crippen LogP contribution >= 0.6 is 0 Å². The molecule has 11 nitrogen and oxygen atoms in total. The minimum atomic E-state index is -1.59. The van der Waals surface area contributed by atoms with Crippen LogP contribution in [0.2, 0.25) is 0 Å². The molecule has 2 aliphatic heterocycles. The zero-order chi connectivity index (χ0) is 44.5. The summed E-state index contributed by atoms with van der Waals surface area (Å²) in [5, 5.41) is 22.8. The van der Waals surface area contributed by atoms with Crippen LogP contribution in [0.5, 0.6) is 0 Å². The standard InChI is InChI=1S/C54H58O11/c55-47-50(60-34-42-25-13-4-14-26-42)49(46(63-53(47)56)38-58-32-40-21-9-2-10-22-40)65-54-52(62-36-44-29-17-6-18-30-44)51(61-35-43-27-15-5-16-28-43)48(59-33-41-23-11-3-12-24-41)45(64-54)37-57-31-39-19-7-1-8-20-39/h1-30,45-56H,31-38H2/t45-,46-,47-,48+,49-,50-,51+,52-,53?,54+/m1/s1. The van der Waals surface area contributed by atoms with E-state index in [9.17, 15) is 10.2 Å². The summed E-state index contributed by atoms with van der Waals surface area (Å²) >= 11 is 0. The molecule has 2 heterocycles. The van der Waals surface area contributed by atoms with Gasteiger partial charge in [0.05, 0.1) is 52.9 Å². The first kappa shape index (κ1) is 46.4. The highest BCUT2D eigenvalue weighted by atomic mass is 16.7. The van der Waals surface area contributed by atoms with Gasteiger partial charge in [-0.05, 0) is 33.4 Å². The summed E-state index contributed by atoms with van der Waals surface area (Å²) in [5.74, 6) is 0. The van der Waals surface area contributed by atoms with Crippen LogP contribution in [-0.2, 0) is 82.3 Å². The maximum atomic E-state index is 11.7. The lowest BCUT2D eigenvalue weighted by molar-refractivity contribution is -0.371. The first-order valence-corrected chi connectivity index (χ1v) is 22.3. The number of hydrogen-bond donors (Lipinski definition) is 2. The lowest BCUT2D eigenvalue weighted by atomic mass is 9.96. The monoisotopic (exact) mass is 882 g/mol. The van der Waals surface area contributed by atoms with Crippen molar-refractivity contribution in [3.05, 3.63) is 215 Å². The van der Waals surface area contributed by atoms with E-state index in [2.05, 4.69) is 0 Å². The lowest BCUT2D eigenvalue weighted by Crippen LogP contribution is -2.66. The normalized spacial score (nSPS) is 25.6. The van der Waals surface area contributed by atoms with E-state index in [0.29, 0.717) is 6.61 Å². The van der Waals surface area contributed by atoms with Gasteiger partial charge in [0.25, 0.3) is 0 Å². The molecule has 2 N–H and O–H groups in total. The molecule has 0 spiro atoms. The van der Waals surface area contributed by atoms with Gasteiger partial charge in [0, 0.05) is 0 Å². The van der Waals surface area contributed by atoms with Crippen molar-refractivity contribution in [3.63, 3.8) is 0 Å². The van der Waals surface area contributed by atoms with Gasteiger partial charge >= 0.3 is 0 Å². The summed E-state index contributed by atoms with van der Waals surface area (Å²) in [4.78, 5) is 0. The van der Waals surface area contributed by atoms with Gasteiger partial charge in [-0.15, -0.1) is 0 Å². The molecule has 1 unspecified atom stereocenters. The molecule has 2 aliphatic rings. The largest absolute Gasteiger partial charge is 0.385 e. The van der Waals surface area contributed by atoms with E-state index in [4.69, 9.17) is 42.6 Å². The van der Waals surface area contributed by atoms with Gasteiger partial charge in [-0.25, -0.2) is 0 Å². The average Bonchev–Trinajstić information content (AvgIpc) is 3.35. The molecule has 6 aromatic carbocycles. The number of hydrogen-bond acceptors (Lipinski definition) is 11. The number of aliphatic hydroxyl groups is 2. The molecule has 2 saturated heterocycles. The summed E-state index contributed by atoms with van der Waals surface area (Å²) < 4.78 is 60.1. The highest BCUT2D eigenvalue weighted by molar-refractivity contribution is 5.18. The fourth-order valence-corrected chi connectivity index (χ4v) is 8.04. The molecule has 6 aromatic rings. The Hall–Kier alpha value is -5.12. The van der Waals surface area contributed by atoms with E-state index < -0.39 is 61.4 Å². The van der Waals surface area contributed by atoms with Crippen LogP contribution < -0.4 is 0 Å². The first-order chi connectivity index (χ1) is 32.1. The van der Waals surface area contributed by atoms with Crippen molar-refractivity contribution in [2.45, 2.75) is 101 Å². The summed E-state index contributed by atoms with van der Waals surface area (Å²) in [6, 6.07) is 59.0. The quantitative estimate of drug-likeness (QED) is 0.0691. The second-order valence-electron chi connectivity index (χ2n) is 16.2. The molecular weight excluding hydrogens is 825 g/mol. The fraction of sp³-hybridized carbons (Fsp3) is 0.333. The van der Waals surface area contributed by atoms with E-state index in [1.54, 1.807) is 0 Å². The molecule has 65 heavy (non-hydrogen) atoms. The number of benzene rings is 6. The Morgan fingerprint density at radius 1 is 0.338 bits per heavy atom. The predicted molar refractivity (Wildman–Crippen MR) is 243 cm³/mol. The van der Waals surface area contributed by atoms with Gasteiger partial charge in [0.2, 0.25) is 0 Å². The molecule has 0 aliphatic carbocycles. The van der Waals surface area contributed by atoms with Crippen LogP contribution in [0.4, 0.5) is 0 Å². The molecule has 0 aromatic heterocycles. The molecular formula is C54H58O11. The highest BCUT2D eigenvalue weighted by Gasteiger charge is 2.53. The molecule has 0 amide bonds. The van der Waals surface area contributed by atoms with Crippen LogP contribution in [0.1, 0.15) is 33.4 Å². The average molecular weight is 883 g/mol. The van der Waals surface area contributed by atoms with Gasteiger partial charge in [-0.1, -0.05) is 182 Å². The minimum Gasteiger partial charge on any atom is -0.385 e. The molecule has 8 rings (SSSR count). The molecule has 0 radical (unpaired) electrons. The Bertz CT molecular complexity index is 2210. The Balaban J connectivity index is 1.15. The van der Waals surface area contributed by atoms with Crippen molar-refractivity contribution in [2.75, 3.05) is 13.2 Å². The third-order valence-corrected chi connectivity index (χ3v) is 11.4. The Labute approximate surface area is 381 Å². The summed E-state index contributed by atoms with van der Waals surface area (Å²) in [6.45, 7) is 1.55. The molecule has 2 fully saturated rings. The van der Waals surface area contributed by atoms with Crippen LogP contribution in [-0.4, -0.2) is 84.8 Å². The SMILES string of the molecule is OC1O[C@H](COCc2ccccc2)[C@@H](O[C@@H]2O[C@H](COCc3ccccc3)[C@H](OCc3ccccc3)[C@H](OCc3ccccc3)[C@H]2OCc2ccccc2)[C@H](OCc2ccccc2)[C@H]1O. The second kappa shape index (κ2) is 24.4. The van der Waals surface area contributed by atoms with Crippen molar-refractivity contribution >= 4 is 0 Å². The summed E-state index contributed by atoms with van der Waals surface area (Å²) in [5.41, 5.74) is 5.70. The second-order valence-corrected chi connectivity index (χ2v) is 16.2. The third-order valence-electron chi connectivity index (χ3n) is 11.4. The topological polar surface area (TPSA) is 124 Å². The van der Waals surface area contributed by atoms with Crippen LogP contribution in [0, 0.1) is 0 Å². The van der Waals surface area contributed by atoms with E-state index >= 15 is 0 Å². The zero-order valence-corrected chi connectivity index (χ0v) is 36.3. The van der Waals surface area contributed by atoms with Crippen LogP contribution in [0.3, 0.4) is 0 Å². The third kappa shape index (κ3) is 13.5. The van der Waals surface area contributed by atoms with Crippen molar-refractivity contribution < 1.29 is 52.8 Å². The summed E-state index contributed by atoms with van der Waals surface area (Å²) in [6.07, 6.45) is -10.4. The number of aliphatic hydroxyl groups excluding tert-OH is 2. The fourth-order valence-electron chi connectivity index (χ4n) is 8.04. The smallest absolute Gasteiger partial charge is 0.187 e. The lowest BCUT2D eigenvalue weighted by Gasteiger charge is -2.49. The zero-order valence-electron chi connectivity index (χ0n) is 36.3. The Morgan fingerprint density at radius 2 is 0.662 bits per heavy atom. The van der Waals surface area contributed by atoms with Crippen molar-refractivity contribution in [3.8, 4) is 0 Å². The Morgan fingerprint density at radius 3 is 1.06 bits per heavy atom. The van der Waals surface area contributed by atoms with Gasteiger partial charge in [0.15, 0.2) is 12.6 Å². The van der Waals surface area contributed by atoms with Gasteiger partial charge in [-0.2, -0.15) is 0 Å². The van der Waals surface area contributed by atoms with E-state index in [1.807, 2.05) is 182 Å². The van der Waals surface area contributed by atoms with E-state index in [0.717, 1.165) is 33.4 Å². The summed E-state index contributed by atoms with van der Waals surface area (Å²) in [7, 11) is 0. The van der Waals surface area contributed by atoms with E-state index in [1.165, 1.54) is 0 Å². The van der Waals surface area contributed by atoms with Crippen LogP contribution in [0.15, 0.2) is 182 Å². The van der Waals surface area contributed by atoms with Crippen molar-refractivity contribution in [1.82, 2.24) is 0 Å². The van der Waals surface area contributed by atoms with Gasteiger partial charge < -0.3 is 52.8 Å². The van der Waals surface area contributed by atoms with Crippen LogP contribution in [0.25, 0.3) is 0 Å². The highest BCUT2D eigenvalue weighted by Crippen LogP contribution is 2.35. The number of rotatable bonds is 22. The number of ether oxygens (including phenoxy) is 9. The maximum absolute atomic E-state index is 11.7. The molecule has 0 bridgehead atoms. The molecule has 0 saturated carbocycles. The predicted octanol–water partition coefficient (Wildman–Crippen LogP) is 7.95. The van der Waals surface area contributed by atoms with Gasteiger partial charge in [-0.3, -0.25) is 0 Å². The van der Waals surface area contributed by atoms with Gasteiger partial charge in [0.1, 0.15) is 48.8 Å². The van der Waals surface area contributed by atoms with Crippen molar-refractivity contribution in [1.29, 1.82) is 0 Å². The maximum Gasteiger partial charge on any atom is 0.187 e. The molecule has 340 valence electrons.